The Labute approximate surface area is 117 Å². The molecular weight excluding hydrogens is 318 g/mol. The molecule has 0 aliphatic carbocycles. The molecule has 0 spiro atoms. The van der Waals surface area contributed by atoms with Crippen LogP contribution < -0.4 is 4.74 Å². The van der Waals surface area contributed by atoms with E-state index in [0.717, 1.165) is 12.1 Å². The maximum atomic E-state index is 13.1. The van der Waals surface area contributed by atoms with Crippen LogP contribution in [0.2, 0.25) is 0 Å². The average Bonchev–Trinajstić information content (AvgIpc) is 2.41. The number of ether oxygens (including phenoxy) is 1. The van der Waals surface area contributed by atoms with E-state index in [1.807, 2.05) is 0 Å². The SMILES string of the molecule is COc1ccc(Br)cc1C(=O)c1ccc(F)c(F)c1. The lowest BCUT2D eigenvalue weighted by molar-refractivity contribution is 0.103. The number of ketones is 1. The molecule has 0 bridgehead atoms. The molecule has 2 rings (SSSR count). The summed E-state index contributed by atoms with van der Waals surface area (Å²) in [6.45, 7) is 0. The molecule has 0 aliphatic rings. The van der Waals surface area contributed by atoms with Gasteiger partial charge in [0.1, 0.15) is 5.75 Å². The van der Waals surface area contributed by atoms with Crippen LogP contribution in [0.15, 0.2) is 40.9 Å². The van der Waals surface area contributed by atoms with Gasteiger partial charge < -0.3 is 4.74 Å². The van der Waals surface area contributed by atoms with Gasteiger partial charge in [-0.05, 0) is 36.4 Å². The molecule has 0 amide bonds. The number of carbonyl (C=O) groups excluding carboxylic acids is 1. The Hall–Kier alpha value is -1.75. The summed E-state index contributed by atoms with van der Waals surface area (Å²) < 4.78 is 31.8. The zero-order valence-corrected chi connectivity index (χ0v) is 11.5. The van der Waals surface area contributed by atoms with Gasteiger partial charge >= 0.3 is 0 Å². The number of halogens is 3. The number of methoxy groups -OCH3 is 1. The fourth-order valence-electron chi connectivity index (χ4n) is 1.65. The van der Waals surface area contributed by atoms with Gasteiger partial charge in [0.2, 0.25) is 0 Å². The van der Waals surface area contributed by atoms with E-state index in [4.69, 9.17) is 4.74 Å². The van der Waals surface area contributed by atoms with Crippen molar-refractivity contribution in [3.8, 4) is 5.75 Å². The molecule has 0 unspecified atom stereocenters. The topological polar surface area (TPSA) is 26.3 Å². The van der Waals surface area contributed by atoms with E-state index in [1.54, 1.807) is 18.2 Å². The lowest BCUT2D eigenvalue weighted by Crippen LogP contribution is -2.05. The van der Waals surface area contributed by atoms with Crippen LogP contribution in [-0.2, 0) is 0 Å². The summed E-state index contributed by atoms with van der Waals surface area (Å²) in [7, 11) is 1.44. The highest BCUT2D eigenvalue weighted by Gasteiger charge is 2.16. The molecule has 2 aromatic carbocycles. The summed E-state index contributed by atoms with van der Waals surface area (Å²) in [6.07, 6.45) is 0. The monoisotopic (exact) mass is 326 g/mol. The van der Waals surface area contributed by atoms with Gasteiger partial charge in [-0.15, -0.1) is 0 Å². The van der Waals surface area contributed by atoms with Crippen LogP contribution in [0.3, 0.4) is 0 Å². The van der Waals surface area contributed by atoms with Crippen LogP contribution >= 0.6 is 15.9 Å². The molecule has 0 saturated heterocycles. The van der Waals surface area contributed by atoms with Crippen LogP contribution in [0.5, 0.6) is 5.75 Å². The normalized spacial score (nSPS) is 10.3. The highest BCUT2D eigenvalue weighted by atomic mass is 79.9. The maximum Gasteiger partial charge on any atom is 0.196 e. The minimum atomic E-state index is -1.06. The largest absolute Gasteiger partial charge is 0.496 e. The molecule has 0 N–H and O–H groups in total. The zero-order valence-electron chi connectivity index (χ0n) is 9.91. The molecule has 98 valence electrons. The van der Waals surface area contributed by atoms with Crippen molar-refractivity contribution < 1.29 is 18.3 Å². The average molecular weight is 327 g/mol. The van der Waals surface area contributed by atoms with Crippen molar-refractivity contribution in [2.24, 2.45) is 0 Å². The van der Waals surface area contributed by atoms with Gasteiger partial charge in [0.25, 0.3) is 0 Å². The van der Waals surface area contributed by atoms with E-state index in [1.165, 1.54) is 13.2 Å². The van der Waals surface area contributed by atoms with Gasteiger partial charge in [0.15, 0.2) is 17.4 Å². The van der Waals surface area contributed by atoms with Crippen molar-refractivity contribution in [1.82, 2.24) is 0 Å². The second-order valence-electron chi connectivity index (χ2n) is 3.80. The van der Waals surface area contributed by atoms with Gasteiger partial charge in [0, 0.05) is 10.0 Å². The summed E-state index contributed by atoms with van der Waals surface area (Å²) in [5, 5.41) is 0. The number of carbonyl (C=O) groups is 1. The number of rotatable bonds is 3. The second kappa shape index (κ2) is 5.48. The summed E-state index contributed by atoms with van der Waals surface area (Å²) in [5.41, 5.74) is 0.346. The van der Waals surface area contributed by atoms with Crippen molar-refractivity contribution in [2.45, 2.75) is 0 Å². The fourth-order valence-corrected chi connectivity index (χ4v) is 2.01. The summed E-state index contributed by atoms with van der Waals surface area (Å²) in [4.78, 5) is 12.3. The Bertz CT molecular complexity index is 641. The van der Waals surface area contributed by atoms with Gasteiger partial charge in [-0.1, -0.05) is 15.9 Å². The molecule has 19 heavy (non-hydrogen) atoms. The fraction of sp³-hybridized carbons (Fsp3) is 0.0714. The lowest BCUT2D eigenvalue weighted by Gasteiger charge is -2.08. The number of benzene rings is 2. The first-order chi connectivity index (χ1) is 9.02. The highest BCUT2D eigenvalue weighted by Crippen LogP contribution is 2.26. The predicted octanol–water partition coefficient (Wildman–Crippen LogP) is 3.97. The van der Waals surface area contributed by atoms with Crippen molar-refractivity contribution in [2.75, 3.05) is 7.11 Å². The van der Waals surface area contributed by atoms with E-state index >= 15 is 0 Å². The zero-order chi connectivity index (χ0) is 14.0. The van der Waals surface area contributed by atoms with Gasteiger partial charge in [-0.3, -0.25) is 4.79 Å². The van der Waals surface area contributed by atoms with Crippen LogP contribution in [0, 0.1) is 11.6 Å². The van der Waals surface area contributed by atoms with Crippen LogP contribution in [0.1, 0.15) is 15.9 Å². The number of hydrogen-bond acceptors (Lipinski definition) is 2. The third-order valence-corrected chi connectivity index (χ3v) is 3.08. The van der Waals surface area contributed by atoms with Crippen molar-refractivity contribution >= 4 is 21.7 Å². The van der Waals surface area contributed by atoms with Gasteiger partial charge in [0.05, 0.1) is 12.7 Å². The summed E-state index contributed by atoms with van der Waals surface area (Å²) in [6, 6.07) is 7.95. The Kier molecular flexibility index (Phi) is 3.95. The lowest BCUT2D eigenvalue weighted by atomic mass is 10.0. The minimum absolute atomic E-state index is 0.0651. The molecule has 2 nitrogen and oxygen atoms in total. The van der Waals surface area contributed by atoms with Crippen molar-refractivity contribution in [1.29, 1.82) is 0 Å². The smallest absolute Gasteiger partial charge is 0.196 e. The molecule has 0 saturated carbocycles. The van der Waals surface area contributed by atoms with E-state index in [2.05, 4.69) is 15.9 Å². The third-order valence-electron chi connectivity index (χ3n) is 2.59. The Morgan fingerprint density at radius 3 is 2.47 bits per heavy atom. The molecular formula is C14H9BrF2O2. The maximum absolute atomic E-state index is 13.1. The predicted molar refractivity (Wildman–Crippen MR) is 70.5 cm³/mol. The summed E-state index contributed by atoms with van der Waals surface area (Å²) in [5.74, 6) is -2.10. The van der Waals surface area contributed by atoms with Gasteiger partial charge in [-0.25, -0.2) is 8.78 Å². The van der Waals surface area contributed by atoms with E-state index in [0.29, 0.717) is 10.2 Å². The molecule has 0 heterocycles. The molecule has 2 aromatic rings. The van der Waals surface area contributed by atoms with E-state index < -0.39 is 17.4 Å². The van der Waals surface area contributed by atoms with Crippen molar-refractivity contribution in [3.63, 3.8) is 0 Å². The quantitative estimate of drug-likeness (QED) is 0.798. The van der Waals surface area contributed by atoms with Crippen LogP contribution in [-0.4, -0.2) is 12.9 Å². The molecule has 0 aromatic heterocycles. The Morgan fingerprint density at radius 1 is 1.11 bits per heavy atom. The molecule has 0 aliphatic heterocycles. The standard InChI is InChI=1S/C14H9BrF2O2/c1-19-13-5-3-9(15)7-10(13)14(18)8-2-4-11(16)12(17)6-8/h2-7H,1H3. The third kappa shape index (κ3) is 2.81. The molecule has 0 atom stereocenters. The van der Waals surface area contributed by atoms with Crippen LogP contribution in [0.4, 0.5) is 8.78 Å². The highest BCUT2D eigenvalue weighted by molar-refractivity contribution is 9.10. The van der Waals surface area contributed by atoms with Crippen molar-refractivity contribution in [3.05, 3.63) is 63.6 Å². The Balaban J connectivity index is 2.49. The Morgan fingerprint density at radius 2 is 1.84 bits per heavy atom. The molecule has 0 fully saturated rings. The van der Waals surface area contributed by atoms with E-state index in [-0.39, 0.29) is 11.1 Å². The van der Waals surface area contributed by atoms with Gasteiger partial charge in [-0.2, -0.15) is 0 Å². The first kappa shape index (κ1) is 13.7. The molecule has 5 heteroatoms. The minimum Gasteiger partial charge on any atom is -0.496 e. The number of hydrogen-bond donors (Lipinski definition) is 0. The second-order valence-corrected chi connectivity index (χ2v) is 4.72. The van der Waals surface area contributed by atoms with E-state index in [9.17, 15) is 13.6 Å². The summed E-state index contributed by atoms with van der Waals surface area (Å²) >= 11 is 3.25. The molecule has 0 radical (unpaired) electrons. The first-order valence-electron chi connectivity index (χ1n) is 5.36. The van der Waals surface area contributed by atoms with Crippen LogP contribution in [0.25, 0.3) is 0 Å². The first-order valence-corrected chi connectivity index (χ1v) is 6.15.